The van der Waals surface area contributed by atoms with Crippen LogP contribution in [-0.4, -0.2) is 37.2 Å². The highest BCUT2D eigenvalue weighted by molar-refractivity contribution is 5.31. The van der Waals surface area contributed by atoms with Crippen LogP contribution in [0.3, 0.4) is 0 Å². The monoisotopic (exact) mass is 294 g/mol. The van der Waals surface area contributed by atoms with E-state index in [9.17, 15) is 4.39 Å². The lowest BCUT2D eigenvalue weighted by atomic mass is 9.97. The maximum Gasteiger partial charge on any atom is 0.169 e. The largest absolute Gasteiger partial charge is 0.494 e. The van der Waals surface area contributed by atoms with Gasteiger partial charge in [0.05, 0.1) is 7.11 Å². The number of benzene rings is 1. The molecule has 0 radical (unpaired) electrons. The molecule has 0 saturated carbocycles. The van der Waals surface area contributed by atoms with E-state index in [0.29, 0.717) is 30.3 Å². The van der Waals surface area contributed by atoms with Crippen molar-refractivity contribution in [2.45, 2.75) is 45.8 Å². The summed E-state index contributed by atoms with van der Waals surface area (Å²) in [5, 5.41) is 3.61. The number of nitrogens with one attached hydrogen (secondary N) is 1. The molecule has 118 valence electrons. The van der Waals surface area contributed by atoms with E-state index in [-0.39, 0.29) is 5.82 Å². The van der Waals surface area contributed by atoms with E-state index in [2.05, 4.69) is 31.0 Å². The maximum absolute atomic E-state index is 14.3. The number of nitrogens with zero attached hydrogens (tertiary/aromatic N) is 1. The SMILES string of the molecule is CCC1CNC(C(C)C)CN1Cc1cccc(OC)c1F. The van der Waals surface area contributed by atoms with Gasteiger partial charge in [0.25, 0.3) is 0 Å². The van der Waals surface area contributed by atoms with Gasteiger partial charge in [-0.05, 0) is 18.4 Å². The van der Waals surface area contributed by atoms with Crippen LogP contribution in [0.2, 0.25) is 0 Å². The Morgan fingerprint density at radius 2 is 2.19 bits per heavy atom. The van der Waals surface area contributed by atoms with Crippen molar-refractivity contribution in [3.05, 3.63) is 29.6 Å². The standard InChI is InChI=1S/C17H27FN2O/c1-5-14-9-19-15(12(2)3)11-20(14)10-13-7-6-8-16(21-4)17(13)18/h6-8,12,14-15,19H,5,9-11H2,1-4H3. The van der Waals surface area contributed by atoms with Gasteiger partial charge in [0.2, 0.25) is 0 Å². The first kappa shape index (κ1) is 16.2. The maximum atomic E-state index is 14.3. The summed E-state index contributed by atoms with van der Waals surface area (Å²) in [6.07, 6.45) is 1.07. The second kappa shape index (κ2) is 7.23. The van der Waals surface area contributed by atoms with Crippen molar-refractivity contribution in [2.75, 3.05) is 20.2 Å². The molecule has 1 fully saturated rings. The first-order valence-electron chi connectivity index (χ1n) is 7.85. The van der Waals surface area contributed by atoms with Crippen LogP contribution in [0.25, 0.3) is 0 Å². The van der Waals surface area contributed by atoms with Crippen LogP contribution in [-0.2, 0) is 6.54 Å². The Labute approximate surface area is 127 Å². The highest BCUT2D eigenvalue weighted by Gasteiger charge is 2.28. The van der Waals surface area contributed by atoms with Crippen LogP contribution in [0.4, 0.5) is 4.39 Å². The second-order valence-electron chi connectivity index (χ2n) is 6.18. The highest BCUT2D eigenvalue weighted by Crippen LogP contribution is 2.24. The number of ether oxygens (including phenoxy) is 1. The van der Waals surface area contributed by atoms with Crippen molar-refractivity contribution >= 4 is 0 Å². The smallest absolute Gasteiger partial charge is 0.169 e. The fraction of sp³-hybridized carbons (Fsp3) is 0.647. The lowest BCUT2D eigenvalue weighted by Crippen LogP contribution is -2.57. The van der Waals surface area contributed by atoms with Gasteiger partial charge < -0.3 is 10.1 Å². The first-order chi connectivity index (χ1) is 10.1. The van der Waals surface area contributed by atoms with Gasteiger partial charge in [0.1, 0.15) is 0 Å². The van der Waals surface area contributed by atoms with Crippen LogP contribution >= 0.6 is 0 Å². The molecular weight excluding hydrogens is 267 g/mol. The molecule has 2 unspecified atom stereocenters. The fourth-order valence-corrected chi connectivity index (χ4v) is 2.98. The van der Waals surface area contributed by atoms with Gasteiger partial charge >= 0.3 is 0 Å². The van der Waals surface area contributed by atoms with Crippen LogP contribution in [0.15, 0.2) is 18.2 Å². The van der Waals surface area contributed by atoms with Gasteiger partial charge in [0, 0.05) is 37.3 Å². The van der Waals surface area contributed by atoms with Crippen molar-refractivity contribution < 1.29 is 9.13 Å². The van der Waals surface area contributed by atoms with Crippen molar-refractivity contribution in [3.8, 4) is 5.75 Å². The van der Waals surface area contributed by atoms with Gasteiger partial charge in [-0.3, -0.25) is 4.90 Å². The van der Waals surface area contributed by atoms with E-state index in [1.54, 1.807) is 6.07 Å². The van der Waals surface area contributed by atoms with Crippen molar-refractivity contribution in [1.82, 2.24) is 10.2 Å². The Morgan fingerprint density at radius 3 is 2.81 bits per heavy atom. The summed E-state index contributed by atoms with van der Waals surface area (Å²) >= 11 is 0. The summed E-state index contributed by atoms with van der Waals surface area (Å²) in [6.45, 7) is 9.24. The number of hydrogen-bond donors (Lipinski definition) is 1. The summed E-state index contributed by atoms with van der Waals surface area (Å²) in [5.41, 5.74) is 0.720. The second-order valence-corrected chi connectivity index (χ2v) is 6.18. The molecule has 3 nitrogen and oxygen atoms in total. The molecule has 0 spiro atoms. The Balaban J connectivity index is 2.15. The molecule has 0 aliphatic carbocycles. The average Bonchev–Trinajstić information content (AvgIpc) is 2.49. The molecule has 0 amide bonds. The first-order valence-corrected chi connectivity index (χ1v) is 7.85. The summed E-state index contributed by atoms with van der Waals surface area (Å²) < 4.78 is 19.4. The minimum absolute atomic E-state index is 0.227. The molecular formula is C17H27FN2O. The molecule has 1 saturated heterocycles. The predicted molar refractivity (Wildman–Crippen MR) is 84.1 cm³/mol. The molecule has 1 heterocycles. The lowest BCUT2D eigenvalue weighted by Gasteiger charge is -2.41. The Hall–Kier alpha value is -1.13. The summed E-state index contributed by atoms with van der Waals surface area (Å²) in [7, 11) is 1.51. The van der Waals surface area contributed by atoms with Crippen molar-refractivity contribution in [3.63, 3.8) is 0 Å². The fourth-order valence-electron chi connectivity index (χ4n) is 2.98. The van der Waals surface area contributed by atoms with Gasteiger partial charge in [-0.25, -0.2) is 4.39 Å². The molecule has 0 bridgehead atoms. The Kier molecular flexibility index (Phi) is 5.59. The zero-order valence-electron chi connectivity index (χ0n) is 13.5. The number of piperazine rings is 1. The van der Waals surface area contributed by atoms with Crippen molar-refractivity contribution in [2.24, 2.45) is 5.92 Å². The molecule has 2 atom stereocenters. The molecule has 21 heavy (non-hydrogen) atoms. The zero-order valence-corrected chi connectivity index (χ0v) is 13.5. The third-order valence-corrected chi connectivity index (χ3v) is 4.48. The van der Waals surface area contributed by atoms with E-state index in [4.69, 9.17) is 4.74 Å². The quantitative estimate of drug-likeness (QED) is 0.903. The molecule has 1 N–H and O–H groups in total. The Morgan fingerprint density at radius 1 is 1.43 bits per heavy atom. The topological polar surface area (TPSA) is 24.5 Å². The number of halogens is 1. The van der Waals surface area contributed by atoms with Crippen LogP contribution in [0.1, 0.15) is 32.8 Å². The van der Waals surface area contributed by atoms with E-state index in [0.717, 1.165) is 25.1 Å². The van der Waals surface area contributed by atoms with Crippen LogP contribution in [0, 0.1) is 11.7 Å². The minimum Gasteiger partial charge on any atom is -0.494 e. The minimum atomic E-state index is -0.227. The highest BCUT2D eigenvalue weighted by atomic mass is 19.1. The number of hydrogen-bond acceptors (Lipinski definition) is 3. The zero-order chi connectivity index (χ0) is 15.4. The van der Waals surface area contributed by atoms with Gasteiger partial charge in [-0.1, -0.05) is 32.9 Å². The third-order valence-electron chi connectivity index (χ3n) is 4.48. The lowest BCUT2D eigenvalue weighted by molar-refractivity contribution is 0.102. The van der Waals surface area contributed by atoms with Crippen LogP contribution < -0.4 is 10.1 Å². The predicted octanol–water partition coefficient (Wildman–Crippen LogP) is 3.04. The molecule has 1 aliphatic rings. The molecule has 2 rings (SSSR count). The van der Waals surface area contributed by atoms with Gasteiger partial charge in [0.15, 0.2) is 11.6 Å². The van der Waals surface area contributed by atoms with E-state index in [1.807, 2.05) is 12.1 Å². The molecule has 4 heteroatoms. The normalized spacial score (nSPS) is 23.5. The molecule has 1 aliphatic heterocycles. The Bertz CT molecular complexity index is 464. The summed E-state index contributed by atoms with van der Waals surface area (Å²) in [6, 6.07) is 6.33. The average molecular weight is 294 g/mol. The molecule has 1 aromatic rings. The van der Waals surface area contributed by atoms with Gasteiger partial charge in [-0.2, -0.15) is 0 Å². The summed E-state index contributed by atoms with van der Waals surface area (Å²) in [5.74, 6) is 0.686. The number of methoxy groups -OCH3 is 1. The van der Waals surface area contributed by atoms with Crippen molar-refractivity contribution in [1.29, 1.82) is 0 Å². The van der Waals surface area contributed by atoms with E-state index in [1.165, 1.54) is 7.11 Å². The van der Waals surface area contributed by atoms with Gasteiger partial charge in [-0.15, -0.1) is 0 Å². The third kappa shape index (κ3) is 3.74. The molecule has 1 aromatic carbocycles. The van der Waals surface area contributed by atoms with E-state index >= 15 is 0 Å². The van der Waals surface area contributed by atoms with Crippen LogP contribution in [0.5, 0.6) is 5.75 Å². The van der Waals surface area contributed by atoms with E-state index < -0.39 is 0 Å². The summed E-state index contributed by atoms with van der Waals surface area (Å²) in [4.78, 5) is 2.40. The number of rotatable bonds is 5. The molecule has 0 aromatic heterocycles.